The number of hydrogen-bond donors (Lipinski definition) is 4. The van der Waals surface area contributed by atoms with Crippen LogP contribution in [0.3, 0.4) is 0 Å². The SMILES string of the molecule is C=C(NCc1ccccc1F)Nc1c(C=N)nc(-c2ccccc2Cl)n1CCCCN. The molecule has 0 radical (unpaired) electrons. The summed E-state index contributed by atoms with van der Waals surface area (Å²) in [5, 5.41) is 14.7. The van der Waals surface area contributed by atoms with Gasteiger partial charge in [0.25, 0.3) is 0 Å². The van der Waals surface area contributed by atoms with Crippen LogP contribution in [0.15, 0.2) is 60.9 Å². The van der Waals surface area contributed by atoms with Crippen LogP contribution in [0.25, 0.3) is 11.4 Å². The molecule has 2 aromatic carbocycles. The van der Waals surface area contributed by atoms with Gasteiger partial charge in [0, 0.05) is 30.4 Å². The minimum Gasteiger partial charge on any atom is -0.368 e. The lowest BCUT2D eigenvalue weighted by atomic mass is 10.2. The van der Waals surface area contributed by atoms with E-state index in [9.17, 15) is 4.39 Å². The molecule has 3 rings (SSSR count). The van der Waals surface area contributed by atoms with Crippen molar-refractivity contribution in [3.8, 4) is 11.4 Å². The first kappa shape index (κ1) is 22.5. The molecule has 8 heteroatoms. The molecule has 0 unspecified atom stereocenters. The molecular weight excluding hydrogens is 415 g/mol. The number of unbranched alkanes of at least 4 members (excludes halogenated alkanes) is 1. The molecule has 5 N–H and O–H groups in total. The Morgan fingerprint density at radius 1 is 1.19 bits per heavy atom. The van der Waals surface area contributed by atoms with Gasteiger partial charge in [-0.2, -0.15) is 0 Å². The van der Waals surface area contributed by atoms with E-state index in [1.807, 2.05) is 28.8 Å². The molecule has 0 spiro atoms. The topological polar surface area (TPSA) is 91.7 Å². The minimum atomic E-state index is -0.282. The van der Waals surface area contributed by atoms with Crippen LogP contribution in [0, 0.1) is 11.2 Å². The Balaban J connectivity index is 1.88. The van der Waals surface area contributed by atoms with Gasteiger partial charge in [-0.25, -0.2) is 9.37 Å². The zero-order valence-electron chi connectivity index (χ0n) is 17.2. The van der Waals surface area contributed by atoms with Crippen molar-refractivity contribution in [2.75, 3.05) is 11.9 Å². The third kappa shape index (κ3) is 5.51. The van der Waals surface area contributed by atoms with Crippen molar-refractivity contribution in [3.63, 3.8) is 0 Å². The molecule has 0 amide bonds. The van der Waals surface area contributed by atoms with Crippen molar-refractivity contribution in [2.45, 2.75) is 25.9 Å². The van der Waals surface area contributed by atoms with E-state index < -0.39 is 0 Å². The van der Waals surface area contributed by atoms with E-state index in [4.69, 9.17) is 22.7 Å². The van der Waals surface area contributed by atoms with Crippen LogP contribution in [0.4, 0.5) is 10.2 Å². The molecule has 0 bridgehead atoms. The van der Waals surface area contributed by atoms with Crippen molar-refractivity contribution in [1.29, 1.82) is 5.41 Å². The molecule has 0 saturated heterocycles. The van der Waals surface area contributed by atoms with Crippen molar-refractivity contribution in [2.24, 2.45) is 5.73 Å². The highest BCUT2D eigenvalue weighted by molar-refractivity contribution is 6.33. The maximum atomic E-state index is 13.9. The number of benzene rings is 2. The summed E-state index contributed by atoms with van der Waals surface area (Å²) in [5.41, 5.74) is 7.43. The molecule has 162 valence electrons. The molecule has 0 fully saturated rings. The maximum Gasteiger partial charge on any atom is 0.143 e. The number of nitrogens with zero attached hydrogens (tertiary/aromatic N) is 2. The van der Waals surface area contributed by atoms with E-state index in [0.717, 1.165) is 18.4 Å². The van der Waals surface area contributed by atoms with Crippen LogP contribution >= 0.6 is 11.6 Å². The van der Waals surface area contributed by atoms with Crippen molar-refractivity contribution >= 4 is 23.6 Å². The fraction of sp³-hybridized carbons (Fsp3) is 0.217. The predicted molar refractivity (Wildman–Crippen MR) is 125 cm³/mol. The van der Waals surface area contributed by atoms with Gasteiger partial charge in [0.05, 0.1) is 10.8 Å². The van der Waals surface area contributed by atoms with Gasteiger partial charge in [-0.05, 0) is 37.6 Å². The quantitative estimate of drug-likeness (QED) is 0.256. The summed E-state index contributed by atoms with van der Waals surface area (Å²) in [6.45, 7) is 5.51. The zero-order valence-corrected chi connectivity index (χ0v) is 17.9. The maximum absolute atomic E-state index is 13.9. The Bertz CT molecular complexity index is 1060. The molecule has 31 heavy (non-hydrogen) atoms. The second-order valence-corrected chi connectivity index (χ2v) is 7.40. The van der Waals surface area contributed by atoms with E-state index >= 15 is 0 Å². The lowest BCUT2D eigenvalue weighted by Gasteiger charge is -2.17. The molecule has 0 atom stereocenters. The van der Waals surface area contributed by atoms with Gasteiger partial charge in [-0.3, -0.25) is 0 Å². The van der Waals surface area contributed by atoms with Gasteiger partial charge in [-0.1, -0.05) is 48.5 Å². The fourth-order valence-electron chi connectivity index (χ4n) is 3.21. The van der Waals surface area contributed by atoms with Gasteiger partial charge in [0.2, 0.25) is 0 Å². The van der Waals surface area contributed by atoms with E-state index in [0.29, 0.717) is 46.8 Å². The van der Waals surface area contributed by atoms with Crippen LogP contribution < -0.4 is 16.4 Å². The Morgan fingerprint density at radius 3 is 2.65 bits per heavy atom. The number of nitrogens with two attached hydrogens (primary N) is 1. The van der Waals surface area contributed by atoms with Gasteiger partial charge in [0.1, 0.15) is 23.2 Å². The Morgan fingerprint density at radius 2 is 1.94 bits per heavy atom. The summed E-state index contributed by atoms with van der Waals surface area (Å²) in [4.78, 5) is 4.64. The van der Waals surface area contributed by atoms with Crippen LogP contribution in [0.1, 0.15) is 24.1 Å². The Labute approximate surface area is 186 Å². The number of hydrogen-bond acceptors (Lipinski definition) is 5. The molecule has 0 aliphatic heterocycles. The Kier molecular flexibility index (Phi) is 7.81. The molecule has 1 aromatic heterocycles. The summed E-state index contributed by atoms with van der Waals surface area (Å²) in [6.07, 6.45) is 2.88. The third-order valence-corrected chi connectivity index (χ3v) is 5.13. The first-order valence-corrected chi connectivity index (χ1v) is 10.4. The average Bonchev–Trinajstić information content (AvgIpc) is 3.10. The highest BCUT2D eigenvalue weighted by Crippen LogP contribution is 2.31. The van der Waals surface area contributed by atoms with Crippen LogP contribution in [-0.2, 0) is 13.1 Å². The predicted octanol–water partition coefficient (Wildman–Crippen LogP) is 4.75. The number of rotatable bonds is 11. The van der Waals surface area contributed by atoms with Crippen LogP contribution in [-0.4, -0.2) is 22.3 Å². The first-order chi connectivity index (χ1) is 15.0. The molecular formula is C23H26ClFN6. The third-order valence-electron chi connectivity index (χ3n) is 4.80. The van der Waals surface area contributed by atoms with Crippen LogP contribution in [0.2, 0.25) is 5.02 Å². The van der Waals surface area contributed by atoms with E-state index in [2.05, 4.69) is 22.2 Å². The summed E-state index contributed by atoms with van der Waals surface area (Å²) in [7, 11) is 0. The molecule has 0 saturated carbocycles. The van der Waals surface area contributed by atoms with Gasteiger partial charge in [0.15, 0.2) is 0 Å². The monoisotopic (exact) mass is 440 g/mol. The average molecular weight is 441 g/mol. The lowest BCUT2D eigenvalue weighted by molar-refractivity contribution is 0.601. The first-order valence-electron chi connectivity index (χ1n) is 10.0. The highest BCUT2D eigenvalue weighted by atomic mass is 35.5. The minimum absolute atomic E-state index is 0.275. The van der Waals surface area contributed by atoms with Crippen LogP contribution in [0.5, 0.6) is 0 Å². The van der Waals surface area contributed by atoms with Gasteiger partial charge >= 0.3 is 0 Å². The second kappa shape index (κ2) is 10.7. The highest BCUT2D eigenvalue weighted by Gasteiger charge is 2.19. The number of halogens is 2. The van der Waals surface area contributed by atoms with Gasteiger partial charge < -0.3 is 26.3 Å². The number of anilines is 1. The van der Waals surface area contributed by atoms with E-state index in [1.54, 1.807) is 18.2 Å². The summed E-state index contributed by atoms with van der Waals surface area (Å²) in [5.74, 6) is 1.46. The summed E-state index contributed by atoms with van der Waals surface area (Å²) in [6, 6.07) is 14.0. The van der Waals surface area contributed by atoms with Crippen molar-refractivity contribution in [3.05, 3.63) is 83.0 Å². The van der Waals surface area contributed by atoms with Crippen molar-refractivity contribution in [1.82, 2.24) is 14.9 Å². The molecule has 0 aliphatic rings. The normalized spacial score (nSPS) is 10.7. The van der Waals surface area contributed by atoms with E-state index in [1.165, 1.54) is 12.3 Å². The Hall–Kier alpha value is -3.16. The standard InChI is InChI=1S/C23H26ClFN6/c1-16(28-15-17-8-2-5-11-20(17)25)29-23-21(14-27)30-22(31(23)13-7-6-12-26)18-9-3-4-10-19(18)24/h2-5,8-11,14,27-29H,1,6-7,12-13,15,26H2. The molecule has 6 nitrogen and oxygen atoms in total. The second-order valence-electron chi connectivity index (χ2n) is 6.99. The number of imidazole rings is 1. The molecule has 1 heterocycles. The largest absolute Gasteiger partial charge is 0.368 e. The van der Waals surface area contributed by atoms with Gasteiger partial charge in [-0.15, -0.1) is 0 Å². The number of nitrogens with one attached hydrogen (secondary N) is 3. The van der Waals surface area contributed by atoms with E-state index in [-0.39, 0.29) is 12.4 Å². The summed E-state index contributed by atoms with van der Waals surface area (Å²) >= 11 is 6.42. The lowest BCUT2D eigenvalue weighted by Crippen LogP contribution is -2.21. The zero-order chi connectivity index (χ0) is 22.2. The fourth-order valence-corrected chi connectivity index (χ4v) is 3.43. The molecule has 0 aliphatic carbocycles. The smallest absolute Gasteiger partial charge is 0.143 e. The number of aromatic nitrogens is 2. The van der Waals surface area contributed by atoms with Crippen molar-refractivity contribution < 1.29 is 4.39 Å². The summed E-state index contributed by atoms with van der Waals surface area (Å²) < 4.78 is 15.9. The molecule has 3 aromatic rings.